The first-order valence-corrected chi connectivity index (χ1v) is 13.3. The monoisotopic (exact) mass is 494 g/mol. The van der Waals surface area contributed by atoms with Crippen LogP contribution in [0.5, 0.6) is 0 Å². The van der Waals surface area contributed by atoms with Gasteiger partial charge in [0.15, 0.2) is 0 Å². The van der Waals surface area contributed by atoms with Crippen LogP contribution in [0.1, 0.15) is 22.3 Å². The minimum Gasteiger partial charge on any atom is -0.380 e. The van der Waals surface area contributed by atoms with E-state index in [2.05, 4.69) is 20.5 Å². The van der Waals surface area contributed by atoms with E-state index in [9.17, 15) is 13.2 Å². The molecule has 0 unspecified atom stereocenters. The fraction of sp³-hybridized carbons (Fsp3) is 0.280. The van der Waals surface area contributed by atoms with Gasteiger partial charge < -0.3 is 21.3 Å². The summed E-state index contributed by atoms with van der Waals surface area (Å²) in [6, 6.07) is 19.6. The van der Waals surface area contributed by atoms with Crippen LogP contribution < -0.4 is 21.3 Å². The maximum Gasteiger partial charge on any atom is 0.252 e. The maximum atomic E-state index is 11.9. The van der Waals surface area contributed by atoms with Crippen molar-refractivity contribution < 1.29 is 13.2 Å². The molecule has 1 aliphatic rings. The molecule has 184 valence electrons. The van der Waals surface area contributed by atoms with Crippen LogP contribution in [0.15, 0.2) is 66.9 Å². The Labute approximate surface area is 206 Å². The predicted octanol–water partition coefficient (Wildman–Crippen LogP) is 3.01. The van der Waals surface area contributed by atoms with Gasteiger partial charge in [0, 0.05) is 56.4 Å². The number of primary amides is 1. The van der Waals surface area contributed by atoms with Crippen molar-refractivity contribution in [2.45, 2.75) is 13.0 Å². The molecule has 0 radical (unpaired) electrons. The number of carbonyl (C=O) groups excluding carboxylic acids is 1. The second-order valence-corrected chi connectivity index (χ2v) is 10.5. The molecule has 2 heterocycles. The summed E-state index contributed by atoms with van der Waals surface area (Å²) in [4.78, 5) is 18.4. The number of nitrogens with two attached hydrogens (primary N) is 1. The fourth-order valence-electron chi connectivity index (χ4n) is 4.05. The zero-order valence-corrected chi connectivity index (χ0v) is 20.5. The lowest BCUT2D eigenvalue weighted by atomic mass is 10.2. The molecule has 0 spiro atoms. The van der Waals surface area contributed by atoms with Gasteiger partial charge in [0.25, 0.3) is 5.91 Å². The standard InChI is InChI=1S/C25H30N6O3S/c1-35(33,34)31-13-5-12-30(14-15-31)21-10-8-20(9-11-21)29-24-16-23(22(18-28-24)25(26)32)27-17-19-6-3-2-4-7-19/h2-4,6-11,16,18H,5,12-15,17H2,1H3,(H2,26,32)(H2,27,28,29). The van der Waals surface area contributed by atoms with E-state index < -0.39 is 15.9 Å². The first-order chi connectivity index (χ1) is 16.8. The second-order valence-electron chi connectivity index (χ2n) is 8.49. The van der Waals surface area contributed by atoms with E-state index in [0.29, 0.717) is 43.2 Å². The van der Waals surface area contributed by atoms with Crippen molar-refractivity contribution in [2.24, 2.45) is 5.73 Å². The molecule has 0 saturated carbocycles. The van der Waals surface area contributed by atoms with Crippen molar-refractivity contribution >= 4 is 38.8 Å². The lowest BCUT2D eigenvalue weighted by Gasteiger charge is -2.23. The summed E-state index contributed by atoms with van der Waals surface area (Å²) in [6.07, 6.45) is 3.51. The summed E-state index contributed by atoms with van der Waals surface area (Å²) in [5, 5.41) is 6.54. The molecule has 3 aromatic rings. The van der Waals surface area contributed by atoms with Crippen molar-refractivity contribution in [3.8, 4) is 0 Å². The molecule has 1 aromatic heterocycles. The topological polar surface area (TPSA) is 121 Å². The molecule has 4 rings (SSSR count). The molecule has 1 saturated heterocycles. The van der Waals surface area contributed by atoms with Gasteiger partial charge in [0.1, 0.15) is 5.82 Å². The minimum atomic E-state index is -3.17. The van der Waals surface area contributed by atoms with Gasteiger partial charge in [-0.15, -0.1) is 0 Å². The number of sulfonamides is 1. The summed E-state index contributed by atoms with van der Waals surface area (Å²) in [5.74, 6) is 0.0349. The minimum absolute atomic E-state index is 0.325. The largest absolute Gasteiger partial charge is 0.380 e. The molecule has 0 atom stereocenters. The highest BCUT2D eigenvalue weighted by molar-refractivity contribution is 7.88. The number of hydrogen-bond acceptors (Lipinski definition) is 7. The van der Waals surface area contributed by atoms with E-state index in [-0.39, 0.29) is 0 Å². The molecule has 1 aliphatic heterocycles. The van der Waals surface area contributed by atoms with E-state index in [1.807, 2.05) is 54.6 Å². The molecule has 1 amide bonds. The Hall–Kier alpha value is -3.63. The third kappa shape index (κ3) is 6.49. The van der Waals surface area contributed by atoms with E-state index in [4.69, 9.17) is 5.73 Å². The summed E-state index contributed by atoms with van der Waals surface area (Å²) < 4.78 is 25.3. The van der Waals surface area contributed by atoms with Crippen LogP contribution in [-0.2, 0) is 16.6 Å². The zero-order chi connectivity index (χ0) is 24.8. The smallest absolute Gasteiger partial charge is 0.252 e. The molecule has 0 bridgehead atoms. The first-order valence-electron chi connectivity index (χ1n) is 11.4. The number of nitrogens with one attached hydrogen (secondary N) is 2. The number of benzene rings is 2. The molecule has 9 nitrogen and oxygen atoms in total. The Morgan fingerprint density at radius 2 is 1.77 bits per heavy atom. The highest BCUT2D eigenvalue weighted by atomic mass is 32.2. The first kappa shape index (κ1) is 24.5. The van der Waals surface area contributed by atoms with Crippen LogP contribution in [0.2, 0.25) is 0 Å². The van der Waals surface area contributed by atoms with Gasteiger partial charge in [-0.3, -0.25) is 4.79 Å². The number of hydrogen-bond donors (Lipinski definition) is 3. The van der Waals surface area contributed by atoms with Crippen molar-refractivity contribution in [2.75, 3.05) is 48.0 Å². The number of carbonyl (C=O) groups is 1. The highest BCUT2D eigenvalue weighted by Gasteiger charge is 2.21. The number of amides is 1. The summed E-state index contributed by atoms with van der Waals surface area (Å²) in [7, 11) is -3.17. The van der Waals surface area contributed by atoms with Crippen LogP contribution in [0, 0.1) is 0 Å². The van der Waals surface area contributed by atoms with Crippen LogP contribution in [0.4, 0.5) is 22.9 Å². The summed E-state index contributed by atoms with van der Waals surface area (Å²) in [5.41, 5.74) is 9.43. The lowest BCUT2D eigenvalue weighted by molar-refractivity contribution is 0.100. The molecule has 35 heavy (non-hydrogen) atoms. The van der Waals surface area contributed by atoms with E-state index >= 15 is 0 Å². The highest BCUT2D eigenvalue weighted by Crippen LogP contribution is 2.25. The van der Waals surface area contributed by atoms with Gasteiger partial charge in [0.2, 0.25) is 10.0 Å². The van der Waals surface area contributed by atoms with Gasteiger partial charge in [-0.05, 0) is 36.2 Å². The molecule has 1 fully saturated rings. The molecular formula is C25H30N6O3S. The van der Waals surface area contributed by atoms with Gasteiger partial charge in [-0.25, -0.2) is 17.7 Å². The molecule has 2 aromatic carbocycles. The lowest BCUT2D eigenvalue weighted by Crippen LogP contribution is -2.34. The molecule has 4 N–H and O–H groups in total. The van der Waals surface area contributed by atoms with Gasteiger partial charge in [0.05, 0.1) is 17.5 Å². The van der Waals surface area contributed by atoms with Crippen LogP contribution in [0.25, 0.3) is 0 Å². The third-order valence-electron chi connectivity index (χ3n) is 5.92. The average molecular weight is 495 g/mol. The Bertz CT molecular complexity index is 1270. The predicted molar refractivity (Wildman–Crippen MR) is 139 cm³/mol. The Balaban J connectivity index is 1.44. The molecule has 10 heteroatoms. The Morgan fingerprint density at radius 3 is 2.46 bits per heavy atom. The maximum absolute atomic E-state index is 11.9. The number of nitrogens with zero attached hydrogens (tertiary/aromatic N) is 3. The van der Waals surface area contributed by atoms with E-state index in [1.165, 1.54) is 16.8 Å². The average Bonchev–Trinajstić information content (AvgIpc) is 3.11. The molecule has 0 aliphatic carbocycles. The Morgan fingerprint density at radius 1 is 1.03 bits per heavy atom. The summed E-state index contributed by atoms with van der Waals surface area (Å²) in [6.45, 7) is 3.01. The number of rotatable bonds is 8. The van der Waals surface area contributed by atoms with Crippen molar-refractivity contribution in [1.29, 1.82) is 0 Å². The van der Waals surface area contributed by atoms with Crippen LogP contribution in [0.3, 0.4) is 0 Å². The van der Waals surface area contributed by atoms with Gasteiger partial charge in [-0.2, -0.15) is 0 Å². The van der Waals surface area contributed by atoms with Crippen molar-refractivity contribution in [3.05, 3.63) is 78.0 Å². The summed E-state index contributed by atoms with van der Waals surface area (Å²) >= 11 is 0. The van der Waals surface area contributed by atoms with Crippen LogP contribution >= 0.6 is 0 Å². The second kappa shape index (κ2) is 10.7. The SMILES string of the molecule is CS(=O)(=O)N1CCCN(c2ccc(Nc3cc(NCc4ccccc4)c(C(N)=O)cn3)cc2)CC1. The van der Waals surface area contributed by atoms with E-state index in [1.54, 1.807) is 6.07 Å². The zero-order valence-electron chi connectivity index (χ0n) is 19.6. The number of pyridine rings is 1. The molecular weight excluding hydrogens is 464 g/mol. The fourth-order valence-corrected chi connectivity index (χ4v) is 4.92. The quantitative estimate of drug-likeness (QED) is 0.440. The third-order valence-corrected chi connectivity index (χ3v) is 7.23. The number of aromatic nitrogens is 1. The van der Waals surface area contributed by atoms with Crippen molar-refractivity contribution in [1.82, 2.24) is 9.29 Å². The Kier molecular flexibility index (Phi) is 7.52. The van der Waals surface area contributed by atoms with Gasteiger partial charge in [-0.1, -0.05) is 30.3 Å². The van der Waals surface area contributed by atoms with E-state index in [0.717, 1.165) is 29.9 Å². The van der Waals surface area contributed by atoms with Gasteiger partial charge >= 0.3 is 0 Å². The number of anilines is 4. The normalized spacial score (nSPS) is 14.8. The van der Waals surface area contributed by atoms with Crippen LogP contribution in [-0.4, -0.2) is 56.0 Å². The van der Waals surface area contributed by atoms with Crippen molar-refractivity contribution in [3.63, 3.8) is 0 Å².